The van der Waals surface area contributed by atoms with Gasteiger partial charge in [-0.05, 0) is 18.2 Å². The normalized spacial score (nSPS) is 11.1. The molecule has 2 aromatic rings. The first kappa shape index (κ1) is 18.3. The van der Waals surface area contributed by atoms with Crippen LogP contribution in [0.15, 0.2) is 41.5 Å². The fourth-order valence-corrected chi connectivity index (χ4v) is 2.17. The lowest BCUT2D eigenvalue weighted by Crippen LogP contribution is -2.39. The molecule has 0 radical (unpaired) electrons. The van der Waals surface area contributed by atoms with Gasteiger partial charge < -0.3 is 20.7 Å². The molecule has 8 nitrogen and oxygen atoms in total. The lowest BCUT2D eigenvalue weighted by molar-refractivity contribution is -0.114. The molecule has 1 heterocycles. The molecule has 25 heavy (non-hydrogen) atoms. The van der Waals surface area contributed by atoms with Gasteiger partial charge in [0.15, 0.2) is 5.96 Å². The molecule has 0 aliphatic heterocycles. The third-order valence-corrected chi connectivity index (χ3v) is 3.40. The van der Waals surface area contributed by atoms with E-state index in [-0.39, 0.29) is 5.91 Å². The zero-order chi connectivity index (χ0) is 18.1. The highest BCUT2D eigenvalue weighted by Gasteiger charge is 2.02. The highest BCUT2D eigenvalue weighted by atomic mass is 16.5. The molecular weight excluding hydrogens is 320 g/mol. The zero-order valence-corrected chi connectivity index (χ0v) is 14.7. The molecule has 1 amide bonds. The van der Waals surface area contributed by atoms with Crippen LogP contribution >= 0.6 is 0 Å². The number of hydrogen-bond donors (Lipinski definition) is 3. The number of carbonyl (C=O) groups excluding carboxylic acids is 1. The summed E-state index contributed by atoms with van der Waals surface area (Å²) in [5.74, 6) is 1.28. The second-order valence-electron chi connectivity index (χ2n) is 5.36. The predicted octanol–water partition coefficient (Wildman–Crippen LogP) is 1.12. The molecule has 0 aliphatic rings. The van der Waals surface area contributed by atoms with Crippen LogP contribution in [0.4, 0.5) is 5.69 Å². The van der Waals surface area contributed by atoms with Gasteiger partial charge >= 0.3 is 0 Å². The number of benzene rings is 1. The number of ether oxygens (including phenoxy) is 1. The van der Waals surface area contributed by atoms with Crippen LogP contribution in [0.2, 0.25) is 0 Å². The number of anilines is 1. The number of aryl methyl sites for hydroxylation is 1. The number of guanidine groups is 1. The van der Waals surface area contributed by atoms with Crippen molar-refractivity contribution in [1.29, 1.82) is 0 Å². The third-order valence-electron chi connectivity index (χ3n) is 3.40. The summed E-state index contributed by atoms with van der Waals surface area (Å²) >= 11 is 0. The molecule has 0 atom stereocenters. The largest absolute Gasteiger partial charge is 0.492 e. The minimum atomic E-state index is -0.109. The summed E-state index contributed by atoms with van der Waals surface area (Å²) < 4.78 is 7.49. The topological polar surface area (TPSA) is 92.6 Å². The fraction of sp³-hybridized carbons (Fsp3) is 0.353. The second kappa shape index (κ2) is 9.31. The minimum absolute atomic E-state index is 0.109. The lowest BCUT2D eigenvalue weighted by atomic mass is 10.3. The van der Waals surface area contributed by atoms with Crippen LogP contribution in [0.1, 0.15) is 12.6 Å². The maximum Gasteiger partial charge on any atom is 0.221 e. The van der Waals surface area contributed by atoms with E-state index in [2.05, 4.69) is 26.0 Å². The van der Waals surface area contributed by atoms with E-state index in [9.17, 15) is 4.79 Å². The molecule has 134 valence electrons. The third kappa shape index (κ3) is 6.17. The molecule has 0 spiro atoms. The highest BCUT2D eigenvalue weighted by molar-refractivity contribution is 5.88. The van der Waals surface area contributed by atoms with Crippen LogP contribution in [0, 0.1) is 0 Å². The first-order valence-corrected chi connectivity index (χ1v) is 8.00. The number of aromatic nitrogens is 2. The molecular formula is C17H24N6O2. The molecule has 8 heteroatoms. The molecule has 3 N–H and O–H groups in total. The van der Waals surface area contributed by atoms with Crippen LogP contribution in [-0.2, 0) is 18.4 Å². The molecule has 2 rings (SSSR count). The van der Waals surface area contributed by atoms with Crippen molar-refractivity contribution in [1.82, 2.24) is 20.4 Å². The Morgan fingerprint density at radius 2 is 2.16 bits per heavy atom. The average Bonchev–Trinajstić information content (AvgIpc) is 2.99. The van der Waals surface area contributed by atoms with E-state index in [1.807, 2.05) is 36.0 Å². The Morgan fingerprint density at radius 1 is 1.32 bits per heavy atom. The summed E-state index contributed by atoms with van der Waals surface area (Å²) in [6, 6.07) is 9.24. The Hall–Kier alpha value is -3.03. The number of nitrogens with one attached hydrogen (secondary N) is 3. The minimum Gasteiger partial charge on any atom is -0.492 e. The summed E-state index contributed by atoms with van der Waals surface area (Å²) in [7, 11) is 3.62. The quantitative estimate of drug-likeness (QED) is 0.398. The van der Waals surface area contributed by atoms with Crippen molar-refractivity contribution >= 4 is 17.6 Å². The van der Waals surface area contributed by atoms with Crippen molar-refractivity contribution in [3.8, 4) is 5.75 Å². The predicted molar refractivity (Wildman–Crippen MR) is 97.7 cm³/mol. The van der Waals surface area contributed by atoms with E-state index in [1.165, 1.54) is 6.92 Å². The Balaban J connectivity index is 1.72. The van der Waals surface area contributed by atoms with Crippen LogP contribution in [0.3, 0.4) is 0 Å². The number of carbonyl (C=O) groups is 1. The Bertz CT molecular complexity index is 725. The SMILES string of the molecule is CN=C(NCCOc1cccc(NC(C)=O)c1)NCc1ccnn1C. The standard InChI is InChI=1S/C17H24N6O2/c1-13(24)22-14-5-4-6-16(11-14)25-10-9-19-17(18-2)20-12-15-7-8-21-23(15)3/h4-8,11H,9-10,12H2,1-3H3,(H,22,24)(H2,18,19,20). The number of nitrogens with zero attached hydrogens (tertiary/aromatic N) is 3. The lowest BCUT2D eigenvalue weighted by Gasteiger charge is -2.13. The van der Waals surface area contributed by atoms with E-state index in [1.54, 1.807) is 19.3 Å². The summed E-state index contributed by atoms with van der Waals surface area (Å²) in [6.07, 6.45) is 1.76. The molecule has 1 aromatic heterocycles. The zero-order valence-electron chi connectivity index (χ0n) is 14.7. The number of rotatable bonds is 7. The van der Waals surface area contributed by atoms with E-state index in [0.717, 1.165) is 5.69 Å². The molecule has 0 fully saturated rings. The average molecular weight is 344 g/mol. The number of hydrogen-bond acceptors (Lipinski definition) is 4. The van der Waals surface area contributed by atoms with Gasteiger partial charge in [0, 0.05) is 39.0 Å². The molecule has 0 saturated heterocycles. The van der Waals surface area contributed by atoms with Gasteiger partial charge in [-0.1, -0.05) is 6.07 Å². The van der Waals surface area contributed by atoms with E-state index >= 15 is 0 Å². The summed E-state index contributed by atoms with van der Waals surface area (Å²) in [5, 5.41) is 13.3. The van der Waals surface area contributed by atoms with Crippen molar-refractivity contribution in [3.05, 3.63) is 42.2 Å². The van der Waals surface area contributed by atoms with Crippen molar-refractivity contribution in [2.24, 2.45) is 12.0 Å². The first-order chi connectivity index (χ1) is 12.1. The maximum absolute atomic E-state index is 11.1. The van der Waals surface area contributed by atoms with Crippen LogP contribution in [-0.4, -0.2) is 41.8 Å². The van der Waals surface area contributed by atoms with Gasteiger partial charge in [-0.15, -0.1) is 0 Å². The second-order valence-corrected chi connectivity index (χ2v) is 5.36. The Kier molecular flexibility index (Phi) is 6.82. The Labute approximate surface area is 147 Å². The van der Waals surface area contributed by atoms with Crippen LogP contribution in [0.5, 0.6) is 5.75 Å². The summed E-state index contributed by atoms with van der Waals surface area (Å²) in [4.78, 5) is 15.2. The van der Waals surface area contributed by atoms with E-state index in [0.29, 0.717) is 37.1 Å². The van der Waals surface area contributed by atoms with Crippen molar-refractivity contribution < 1.29 is 9.53 Å². The van der Waals surface area contributed by atoms with Gasteiger partial charge in [-0.2, -0.15) is 5.10 Å². The molecule has 0 unspecified atom stereocenters. The van der Waals surface area contributed by atoms with Gasteiger partial charge in [-0.25, -0.2) is 0 Å². The maximum atomic E-state index is 11.1. The smallest absolute Gasteiger partial charge is 0.221 e. The fourth-order valence-electron chi connectivity index (χ4n) is 2.17. The monoisotopic (exact) mass is 344 g/mol. The highest BCUT2D eigenvalue weighted by Crippen LogP contribution is 2.16. The molecule has 0 bridgehead atoms. The van der Waals surface area contributed by atoms with Crippen molar-refractivity contribution in [2.75, 3.05) is 25.5 Å². The summed E-state index contributed by atoms with van der Waals surface area (Å²) in [5.41, 5.74) is 1.78. The summed E-state index contributed by atoms with van der Waals surface area (Å²) in [6.45, 7) is 3.17. The van der Waals surface area contributed by atoms with Gasteiger partial charge in [0.25, 0.3) is 0 Å². The Morgan fingerprint density at radius 3 is 2.84 bits per heavy atom. The van der Waals surface area contributed by atoms with Gasteiger partial charge in [-0.3, -0.25) is 14.5 Å². The van der Waals surface area contributed by atoms with Gasteiger partial charge in [0.1, 0.15) is 12.4 Å². The first-order valence-electron chi connectivity index (χ1n) is 8.00. The number of aliphatic imine (C=N–C) groups is 1. The van der Waals surface area contributed by atoms with Gasteiger partial charge in [0.05, 0.1) is 18.8 Å². The molecule has 1 aromatic carbocycles. The molecule has 0 aliphatic carbocycles. The van der Waals surface area contributed by atoms with Crippen LogP contribution < -0.4 is 20.7 Å². The van der Waals surface area contributed by atoms with Crippen molar-refractivity contribution in [3.63, 3.8) is 0 Å². The van der Waals surface area contributed by atoms with Crippen LogP contribution in [0.25, 0.3) is 0 Å². The molecule has 0 saturated carbocycles. The van der Waals surface area contributed by atoms with E-state index in [4.69, 9.17) is 4.74 Å². The van der Waals surface area contributed by atoms with Crippen molar-refractivity contribution in [2.45, 2.75) is 13.5 Å². The number of amides is 1. The van der Waals surface area contributed by atoms with Gasteiger partial charge in [0.2, 0.25) is 5.91 Å². The van der Waals surface area contributed by atoms with E-state index < -0.39 is 0 Å².